The van der Waals surface area contributed by atoms with E-state index in [4.69, 9.17) is 9.47 Å². The van der Waals surface area contributed by atoms with E-state index in [0.29, 0.717) is 25.0 Å². The van der Waals surface area contributed by atoms with Crippen LogP contribution in [0.25, 0.3) is 0 Å². The summed E-state index contributed by atoms with van der Waals surface area (Å²) in [6, 6.07) is 15.3. The summed E-state index contributed by atoms with van der Waals surface area (Å²) in [5.74, 6) is 2.66. The first kappa shape index (κ1) is 15.7. The Morgan fingerprint density at radius 1 is 0.920 bits per heavy atom. The van der Waals surface area contributed by atoms with Crippen LogP contribution in [0.2, 0.25) is 0 Å². The van der Waals surface area contributed by atoms with E-state index in [-0.39, 0.29) is 0 Å². The van der Waals surface area contributed by atoms with Crippen LogP contribution in [0, 0.1) is 0 Å². The second-order valence-electron chi connectivity index (χ2n) is 5.35. The minimum absolute atomic E-state index is 0.494. The fourth-order valence-corrected chi connectivity index (χ4v) is 2.82. The monoisotopic (exact) mass is 398 g/mol. The molecular formula is C18H15BrN4O2. The van der Waals surface area contributed by atoms with Crippen molar-refractivity contribution < 1.29 is 9.47 Å². The Balaban J connectivity index is 1.53. The van der Waals surface area contributed by atoms with Gasteiger partial charge in [0, 0.05) is 22.4 Å². The predicted molar refractivity (Wildman–Crippen MR) is 100 cm³/mol. The molecule has 0 radical (unpaired) electrons. The van der Waals surface area contributed by atoms with E-state index < -0.39 is 0 Å². The number of fused-ring (bicyclic) bond motifs is 1. The standard InChI is InChI=1S/C18H15BrN4O2/c19-13-3-1-2-4-14(13)22-17-7-8-20-18(23-17)21-12-5-6-15-16(11-12)25-10-9-24-15/h1-8,11H,9-10H2,(H2,20,21,22,23). The molecule has 0 aliphatic carbocycles. The number of anilines is 4. The quantitative estimate of drug-likeness (QED) is 0.674. The van der Waals surface area contributed by atoms with Crippen LogP contribution in [-0.2, 0) is 0 Å². The van der Waals surface area contributed by atoms with Crippen molar-refractivity contribution in [3.05, 3.63) is 59.2 Å². The van der Waals surface area contributed by atoms with Crippen molar-refractivity contribution in [2.24, 2.45) is 0 Å². The van der Waals surface area contributed by atoms with Gasteiger partial charge in [0.1, 0.15) is 19.0 Å². The van der Waals surface area contributed by atoms with Crippen molar-refractivity contribution in [1.29, 1.82) is 0 Å². The molecular weight excluding hydrogens is 384 g/mol. The first-order valence-corrected chi connectivity index (χ1v) is 8.58. The maximum atomic E-state index is 5.59. The fraction of sp³-hybridized carbons (Fsp3) is 0.111. The lowest BCUT2D eigenvalue weighted by Crippen LogP contribution is -2.15. The molecule has 0 bridgehead atoms. The van der Waals surface area contributed by atoms with E-state index >= 15 is 0 Å². The average molecular weight is 399 g/mol. The number of ether oxygens (including phenoxy) is 2. The van der Waals surface area contributed by atoms with Crippen LogP contribution in [0.15, 0.2) is 59.2 Å². The summed E-state index contributed by atoms with van der Waals surface area (Å²) in [4.78, 5) is 8.76. The number of para-hydroxylation sites is 1. The molecule has 0 amide bonds. The van der Waals surface area contributed by atoms with Crippen molar-refractivity contribution in [1.82, 2.24) is 9.97 Å². The van der Waals surface area contributed by atoms with Crippen molar-refractivity contribution in [3.8, 4) is 11.5 Å². The molecule has 1 aliphatic heterocycles. The third-order valence-electron chi connectivity index (χ3n) is 3.59. The molecule has 6 nitrogen and oxygen atoms in total. The van der Waals surface area contributed by atoms with Crippen LogP contribution in [0.1, 0.15) is 0 Å². The molecule has 0 spiro atoms. The Kier molecular flexibility index (Phi) is 4.39. The highest BCUT2D eigenvalue weighted by Gasteiger charge is 2.12. The Hall–Kier alpha value is -2.80. The predicted octanol–water partition coefficient (Wildman–Crippen LogP) is 4.50. The zero-order chi connectivity index (χ0) is 17.1. The molecule has 3 aromatic rings. The van der Waals surface area contributed by atoms with Crippen molar-refractivity contribution >= 4 is 39.1 Å². The van der Waals surface area contributed by atoms with E-state index in [1.807, 2.05) is 48.5 Å². The zero-order valence-corrected chi connectivity index (χ0v) is 14.8. The van der Waals surface area contributed by atoms with E-state index in [1.165, 1.54) is 0 Å². The van der Waals surface area contributed by atoms with Gasteiger partial charge in [-0.3, -0.25) is 0 Å². The van der Waals surface area contributed by atoms with Crippen LogP contribution in [-0.4, -0.2) is 23.2 Å². The van der Waals surface area contributed by atoms with Crippen molar-refractivity contribution in [2.75, 3.05) is 23.8 Å². The van der Waals surface area contributed by atoms with Gasteiger partial charge in [-0.2, -0.15) is 4.98 Å². The number of hydrogen-bond donors (Lipinski definition) is 2. The minimum Gasteiger partial charge on any atom is -0.486 e. The number of benzene rings is 2. The lowest BCUT2D eigenvalue weighted by molar-refractivity contribution is 0.171. The van der Waals surface area contributed by atoms with Gasteiger partial charge in [0.15, 0.2) is 11.5 Å². The Morgan fingerprint density at radius 2 is 1.76 bits per heavy atom. The van der Waals surface area contributed by atoms with Crippen molar-refractivity contribution in [2.45, 2.75) is 0 Å². The van der Waals surface area contributed by atoms with Crippen LogP contribution >= 0.6 is 15.9 Å². The number of hydrogen-bond acceptors (Lipinski definition) is 6. The minimum atomic E-state index is 0.494. The smallest absolute Gasteiger partial charge is 0.229 e. The summed E-state index contributed by atoms with van der Waals surface area (Å²) in [6.07, 6.45) is 1.70. The van der Waals surface area contributed by atoms with Crippen LogP contribution in [0.5, 0.6) is 11.5 Å². The zero-order valence-electron chi connectivity index (χ0n) is 13.2. The number of rotatable bonds is 4. The van der Waals surface area contributed by atoms with Gasteiger partial charge in [-0.25, -0.2) is 4.98 Å². The highest BCUT2D eigenvalue weighted by atomic mass is 79.9. The normalized spacial score (nSPS) is 12.5. The maximum absolute atomic E-state index is 5.59. The van der Waals surface area contributed by atoms with Gasteiger partial charge in [0.2, 0.25) is 5.95 Å². The Morgan fingerprint density at radius 3 is 2.64 bits per heavy atom. The van der Waals surface area contributed by atoms with E-state index in [0.717, 1.165) is 27.3 Å². The topological polar surface area (TPSA) is 68.3 Å². The second kappa shape index (κ2) is 6.98. The molecule has 2 heterocycles. The summed E-state index contributed by atoms with van der Waals surface area (Å²) in [7, 11) is 0. The average Bonchev–Trinajstić information content (AvgIpc) is 2.64. The molecule has 4 rings (SSSR count). The Labute approximate surface area is 153 Å². The van der Waals surface area contributed by atoms with Crippen LogP contribution < -0.4 is 20.1 Å². The molecule has 0 fully saturated rings. The van der Waals surface area contributed by atoms with Gasteiger partial charge in [-0.1, -0.05) is 12.1 Å². The molecule has 0 atom stereocenters. The first-order valence-electron chi connectivity index (χ1n) is 7.79. The largest absolute Gasteiger partial charge is 0.486 e. The fourth-order valence-electron chi connectivity index (χ4n) is 2.44. The molecule has 7 heteroatoms. The van der Waals surface area contributed by atoms with Gasteiger partial charge in [0.25, 0.3) is 0 Å². The number of nitrogens with one attached hydrogen (secondary N) is 2. The summed E-state index contributed by atoms with van der Waals surface area (Å²) in [5.41, 5.74) is 1.77. The van der Waals surface area contributed by atoms with Gasteiger partial charge >= 0.3 is 0 Å². The SMILES string of the molecule is Brc1ccccc1Nc1ccnc(Nc2ccc3c(c2)OCCO3)n1. The molecule has 126 valence electrons. The summed E-state index contributed by atoms with van der Waals surface area (Å²) in [5, 5.41) is 6.45. The number of halogens is 1. The molecule has 25 heavy (non-hydrogen) atoms. The lowest BCUT2D eigenvalue weighted by Gasteiger charge is -2.19. The van der Waals surface area contributed by atoms with Gasteiger partial charge in [-0.05, 0) is 46.3 Å². The van der Waals surface area contributed by atoms with Crippen LogP contribution in [0.3, 0.4) is 0 Å². The number of aromatic nitrogens is 2. The van der Waals surface area contributed by atoms with Gasteiger partial charge in [0.05, 0.1) is 5.69 Å². The maximum Gasteiger partial charge on any atom is 0.229 e. The van der Waals surface area contributed by atoms with Gasteiger partial charge < -0.3 is 20.1 Å². The van der Waals surface area contributed by atoms with E-state index in [2.05, 4.69) is 36.5 Å². The summed E-state index contributed by atoms with van der Waals surface area (Å²) < 4.78 is 12.1. The highest BCUT2D eigenvalue weighted by Crippen LogP contribution is 2.33. The van der Waals surface area contributed by atoms with E-state index in [1.54, 1.807) is 6.20 Å². The number of nitrogens with zero attached hydrogens (tertiary/aromatic N) is 2. The van der Waals surface area contributed by atoms with Crippen molar-refractivity contribution in [3.63, 3.8) is 0 Å². The van der Waals surface area contributed by atoms with E-state index in [9.17, 15) is 0 Å². The third kappa shape index (κ3) is 3.66. The molecule has 2 aromatic carbocycles. The highest BCUT2D eigenvalue weighted by molar-refractivity contribution is 9.10. The molecule has 1 aliphatic rings. The summed E-state index contributed by atoms with van der Waals surface area (Å²) >= 11 is 3.51. The van der Waals surface area contributed by atoms with Gasteiger partial charge in [-0.15, -0.1) is 0 Å². The van der Waals surface area contributed by atoms with Crippen LogP contribution in [0.4, 0.5) is 23.1 Å². The molecule has 2 N–H and O–H groups in total. The first-order chi connectivity index (χ1) is 12.3. The molecule has 1 aromatic heterocycles. The molecule has 0 unspecified atom stereocenters. The second-order valence-corrected chi connectivity index (χ2v) is 6.21. The third-order valence-corrected chi connectivity index (χ3v) is 4.28. The molecule has 0 saturated carbocycles. The molecule has 0 saturated heterocycles. The lowest BCUT2D eigenvalue weighted by atomic mass is 10.2. The summed E-state index contributed by atoms with van der Waals surface area (Å²) in [6.45, 7) is 1.13. The Bertz CT molecular complexity index is 904.